The van der Waals surface area contributed by atoms with Crippen LogP contribution in [0.3, 0.4) is 0 Å². The summed E-state index contributed by atoms with van der Waals surface area (Å²) in [7, 11) is 8.14. The Bertz CT molecular complexity index is 811. The number of rotatable bonds is 1. The first-order valence-electron chi connectivity index (χ1n) is 6.70. The van der Waals surface area contributed by atoms with Gasteiger partial charge in [-0.25, -0.2) is 4.58 Å². The second kappa shape index (κ2) is 4.67. The fourth-order valence-corrected chi connectivity index (χ4v) is 2.30. The van der Waals surface area contributed by atoms with Gasteiger partial charge in [0.2, 0.25) is 5.36 Å². The van der Waals surface area contributed by atoms with Gasteiger partial charge in [-0.1, -0.05) is 0 Å². The van der Waals surface area contributed by atoms with Crippen LogP contribution in [-0.2, 0) is 0 Å². The van der Waals surface area contributed by atoms with Crippen LogP contribution in [0.5, 0.6) is 0 Å². The summed E-state index contributed by atoms with van der Waals surface area (Å²) in [6, 6.07) is 14.8. The number of nitrogens with zero attached hydrogens (tertiary/aromatic N) is 2. The van der Waals surface area contributed by atoms with Crippen molar-refractivity contribution in [3.05, 3.63) is 47.8 Å². The number of anilines is 1. The van der Waals surface area contributed by atoms with Crippen molar-refractivity contribution in [2.24, 2.45) is 0 Å². The SMILES string of the molecule is CN(C)c1ccc2cc3ccc(=[N+](C)C)cc-3oc2c1. The third kappa shape index (κ3) is 2.16. The zero-order chi connectivity index (χ0) is 14.3. The fraction of sp³-hybridized carbons (Fsp3) is 0.235. The van der Waals surface area contributed by atoms with Crippen LogP contribution in [0.2, 0.25) is 0 Å². The molecule has 2 aliphatic rings. The van der Waals surface area contributed by atoms with E-state index in [1.54, 1.807) is 0 Å². The van der Waals surface area contributed by atoms with Crippen LogP contribution >= 0.6 is 0 Å². The molecule has 3 rings (SSSR count). The minimum absolute atomic E-state index is 0.916. The van der Waals surface area contributed by atoms with Gasteiger partial charge in [0.05, 0.1) is 6.07 Å². The fourth-order valence-electron chi connectivity index (χ4n) is 2.30. The number of fused-ring (bicyclic) bond motifs is 2. The Morgan fingerprint density at radius 3 is 2.45 bits per heavy atom. The smallest absolute Gasteiger partial charge is 0.203 e. The minimum atomic E-state index is 0.916. The third-order valence-electron chi connectivity index (χ3n) is 3.56. The maximum absolute atomic E-state index is 6.07. The molecule has 3 nitrogen and oxygen atoms in total. The Morgan fingerprint density at radius 1 is 0.950 bits per heavy atom. The molecule has 3 heteroatoms. The Hall–Kier alpha value is -2.29. The first-order chi connectivity index (χ1) is 9.54. The van der Waals surface area contributed by atoms with Crippen molar-refractivity contribution in [2.75, 3.05) is 33.1 Å². The van der Waals surface area contributed by atoms with Crippen LogP contribution in [-0.4, -0.2) is 28.2 Å². The van der Waals surface area contributed by atoms with E-state index in [1.165, 1.54) is 0 Å². The van der Waals surface area contributed by atoms with Crippen molar-refractivity contribution >= 4 is 16.7 Å². The van der Waals surface area contributed by atoms with E-state index in [4.69, 9.17) is 4.42 Å². The summed E-state index contributed by atoms with van der Waals surface area (Å²) in [6.07, 6.45) is 0. The van der Waals surface area contributed by atoms with Crippen LogP contribution < -0.4 is 14.8 Å². The molecule has 0 N–H and O–H groups in total. The molecule has 0 unspecified atom stereocenters. The van der Waals surface area contributed by atoms with Crippen LogP contribution in [0.4, 0.5) is 5.69 Å². The maximum Gasteiger partial charge on any atom is 0.203 e. The van der Waals surface area contributed by atoms with Gasteiger partial charge in [-0.05, 0) is 24.3 Å². The highest BCUT2D eigenvalue weighted by Crippen LogP contribution is 2.29. The van der Waals surface area contributed by atoms with Crippen LogP contribution in [0.15, 0.2) is 46.9 Å². The van der Waals surface area contributed by atoms with Crippen molar-refractivity contribution in [3.63, 3.8) is 0 Å². The lowest BCUT2D eigenvalue weighted by atomic mass is 10.1. The zero-order valence-electron chi connectivity index (χ0n) is 12.3. The Kier molecular flexibility index (Phi) is 2.97. The van der Waals surface area contributed by atoms with E-state index in [2.05, 4.69) is 51.9 Å². The highest BCUT2D eigenvalue weighted by molar-refractivity contribution is 5.85. The molecule has 1 aliphatic carbocycles. The van der Waals surface area contributed by atoms with E-state index in [-0.39, 0.29) is 0 Å². The van der Waals surface area contributed by atoms with Gasteiger partial charge in [0, 0.05) is 42.9 Å². The third-order valence-corrected chi connectivity index (χ3v) is 3.56. The molecule has 102 valence electrons. The minimum Gasteiger partial charge on any atom is -0.456 e. The molecule has 0 saturated heterocycles. The normalized spacial score (nSPS) is 11.0. The average Bonchev–Trinajstić information content (AvgIpc) is 2.43. The van der Waals surface area contributed by atoms with E-state index >= 15 is 0 Å². The van der Waals surface area contributed by atoms with E-state index < -0.39 is 0 Å². The Balaban J connectivity index is 2.31. The molecule has 0 amide bonds. The first kappa shape index (κ1) is 12.7. The van der Waals surface area contributed by atoms with Gasteiger partial charge < -0.3 is 9.32 Å². The molecule has 1 heterocycles. The number of hydrogen-bond donors (Lipinski definition) is 0. The van der Waals surface area contributed by atoms with E-state index in [1.807, 2.05) is 28.2 Å². The maximum atomic E-state index is 6.07. The molecule has 0 bridgehead atoms. The van der Waals surface area contributed by atoms with Gasteiger partial charge in [-0.2, -0.15) is 0 Å². The molecule has 0 fully saturated rings. The summed E-state index contributed by atoms with van der Waals surface area (Å²) in [5.74, 6) is 0.916. The summed E-state index contributed by atoms with van der Waals surface area (Å²) in [6.45, 7) is 0. The lowest BCUT2D eigenvalue weighted by Crippen LogP contribution is -2.21. The zero-order valence-corrected chi connectivity index (χ0v) is 12.3. The molecule has 0 spiro atoms. The highest BCUT2D eigenvalue weighted by atomic mass is 16.3. The summed E-state index contributed by atoms with van der Waals surface area (Å²) in [5.41, 5.74) is 3.18. The molecule has 1 aromatic rings. The quantitative estimate of drug-likeness (QED) is 0.499. The molecule has 1 aliphatic heterocycles. The molecule has 0 atom stereocenters. The molecular formula is C17H19N2O+. The second-order valence-electron chi connectivity index (χ2n) is 5.48. The van der Waals surface area contributed by atoms with E-state index in [9.17, 15) is 0 Å². The Labute approximate surface area is 118 Å². The van der Waals surface area contributed by atoms with Crippen LogP contribution in [0, 0.1) is 0 Å². The van der Waals surface area contributed by atoms with Crippen molar-refractivity contribution in [1.29, 1.82) is 0 Å². The summed E-state index contributed by atoms with van der Waals surface area (Å²) >= 11 is 0. The molecular weight excluding hydrogens is 248 g/mol. The van der Waals surface area contributed by atoms with Crippen molar-refractivity contribution < 1.29 is 4.42 Å². The largest absolute Gasteiger partial charge is 0.456 e. The first-order valence-corrected chi connectivity index (χ1v) is 6.70. The van der Waals surface area contributed by atoms with Crippen LogP contribution in [0.25, 0.3) is 22.3 Å². The topological polar surface area (TPSA) is 19.4 Å². The van der Waals surface area contributed by atoms with Gasteiger partial charge in [0.25, 0.3) is 0 Å². The standard InChI is InChI=1S/C17H19N2O/c1-18(2)14-7-5-12-9-13-6-8-15(19(3)4)11-17(13)20-16(12)10-14/h5-11H,1-4H3/q+1. The predicted molar refractivity (Wildman–Crippen MR) is 84.3 cm³/mol. The molecule has 0 aromatic heterocycles. The molecule has 1 aromatic carbocycles. The van der Waals surface area contributed by atoms with Crippen LogP contribution in [0.1, 0.15) is 0 Å². The second-order valence-corrected chi connectivity index (χ2v) is 5.48. The lowest BCUT2D eigenvalue weighted by Gasteiger charge is -2.13. The van der Waals surface area contributed by atoms with Gasteiger partial charge in [0.15, 0.2) is 0 Å². The van der Waals surface area contributed by atoms with Crippen molar-refractivity contribution in [3.8, 4) is 11.3 Å². The Morgan fingerprint density at radius 2 is 1.75 bits per heavy atom. The van der Waals surface area contributed by atoms with Gasteiger partial charge in [0.1, 0.15) is 25.4 Å². The highest BCUT2D eigenvalue weighted by Gasteiger charge is 2.09. The van der Waals surface area contributed by atoms with E-state index in [0.717, 1.165) is 33.3 Å². The van der Waals surface area contributed by atoms with Gasteiger partial charge in [-0.3, -0.25) is 0 Å². The van der Waals surface area contributed by atoms with Gasteiger partial charge in [-0.15, -0.1) is 0 Å². The molecule has 0 saturated carbocycles. The summed E-state index contributed by atoms with van der Waals surface area (Å²) < 4.78 is 8.15. The molecule has 20 heavy (non-hydrogen) atoms. The predicted octanol–water partition coefficient (Wildman–Crippen LogP) is 2.64. The lowest BCUT2D eigenvalue weighted by molar-refractivity contribution is 0.617. The summed E-state index contributed by atoms with van der Waals surface area (Å²) in [5, 5.41) is 2.27. The summed E-state index contributed by atoms with van der Waals surface area (Å²) in [4.78, 5) is 2.08. The van der Waals surface area contributed by atoms with E-state index in [0.29, 0.717) is 0 Å². The van der Waals surface area contributed by atoms with Crippen molar-refractivity contribution in [2.45, 2.75) is 0 Å². The molecule has 0 radical (unpaired) electrons. The monoisotopic (exact) mass is 267 g/mol. The number of hydrogen-bond acceptors (Lipinski definition) is 2. The van der Waals surface area contributed by atoms with Gasteiger partial charge >= 0.3 is 0 Å². The van der Waals surface area contributed by atoms with Crippen molar-refractivity contribution in [1.82, 2.24) is 4.58 Å². The average molecular weight is 267 g/mol. The number of benzene rings is 2.